The summed E-state index contributed by atoms with van der Waals surface area (Å²) in [6.45, 7) is 0. The van der Waals surface area contributed by atoms with Crippen LogP contribution < -0.4 is 5.32 Å². The number of amides is 1. The highest BCUT2D eigenvalue weighted by atomic mass is 16.1. The minimum Gasteiger partial charge on any atom is -0.326 e. The molecule has 1 aromatic heterocycles. The van der Waals surface area contributed by atoms with Crippen LogP contribution in [0.3, 0.4) is 0 Å². The molecule has 102 valence electrons. The Labute approximate surface area is 119 Å². The minimum atomic E-state index is 0.164. The third kappa shape index (κ3) is 2.87. The second kappa shape index (κ2) is 5.87. The van der Waals surface area contributed by atoms with Gasteiger partial charge in [0, 0.05) is 24.0 Å². The molecule has 0 spiro atoms. The summed E-state index contributed by atoms with van der Waals surface area (Å²) >= 11 is 0. The number of hydrogen-bond donors (Lipinski definition) is 1. The van der Waals surface area contributed by atoms with Crippen LogP contribution in [-0.4, -0.2) is 10.9 Å². The van der Waals surface area contributed by atoms with E-state index in [-0.39, 0.29) is 11.8 Å². The Bertz CT molecular complexity index is 572. The lowest BCUT2D eigenvalue weighted by molar-refractivity contribution is -0.119. The van der Waals surface area contributed by atoms with Gasteiger partial charge in [0.05, 0.1) is 0 Å². The van der Waals surface area contributed by atoms with E-state index in [1.807, 2.05) is 42.6 Å². The van der Waals surface area contributed by atoms with Gasteiger partial charge < -0.3 is 5.32 Å². The molecule has 3 heteroatoms. The standard InChI is InChI=1S/C17H18N2O/c20-17(14-4-1-2-5-14)19-16-9-7-13(8-10-16)15-6-3-11-18-12-15/h3,6-12,14H,1-2,4-5H2,(H,19,20). The maximum Gasteiger partial charge on any atom is 0.227 e. The second-order valence-electron chi connectivity index (χ2n) is 5.29. The van der Waals surface area contributed by atoms with Gasteiger partial charge in [-0.2, -0.15) is 0 Å². The summed E-state index contributed by atoms with van der Waals surface area (Å²) < 4.78 is 0. The van der Waals surface area contributed by atoms with Crippen molar-refractivity contribution in [3.8, 4) is 11.1 Å². The quantitative estimate of drug-likeness (QED) is 0.916. The van der Waals surface area contributed by atoms with Gasteiger partial charge in [0.25, 0.3) is 0 Å². The average molecular weight is 266 g/mol. The van der Waals surface area contributed by atoms with Crippen LogP contribution >= 0.6 is 0 Å². The summed E-state index contributed by atoms with van der Waals surface area (Å²) in [4.78, 5) is 16.2. The van der Waals surface area contributed by atoms with E-state index in [1.54, 1.807) is 6.20 Å². The van der Waals surface area contributed by atoms with Crippen molar-refractivity contribution in [3.63, 3.8) is 0 Å². The number of carbonyl (C=O) groups excluding carboxylic acids is 1. The number of rotatable bonds is 3. The highest BCUT2D eigenvalue weighted by Gasteiger charge is 2.22. The number of pyridine rings is 1. The molecule has 1 aliphatic carbocycles. The number of anilines is 1. The molecule has 20 heavy (non-hydrogen) atoms. The first-order valence-electron chi connectivity index (χ1n) is 7.14. The van der Waals surface area contributed by atoms with Crippen LogP contribution in [0.2, 0.25) is 0 Å². The van der Waals surface area contributed by atoms with Crippen molar-refractivity contribution in [2.24, 2.45) is 5.92 Å². The lowest BCUT2D eigenvalue weighted by atomic mass is 10.1. The first-order valence-corrected chi connectivity index (χ1v) is 7.14. The van der Waals surface area contributed by atoms with Crippen LogP contribution in [0.25, 0.3) is 11.1 Å². The molecule has 0 radical (unpaired) electrons. The van der Waals surface area contributed by atoms with E-state index in [1.165, 1.54) is 12.8 Å². The van der Waals surface area contributed by atoms with Gasteiger partial charge in [-0.25, -0.2) is 0 Å². The van der Waals surface area contributed by atoms with E-state index in [4.69, 9.17) is 0 Å². The molecule has 1 heterocycles. The van der Waals surface area contributed by atoms with Gasteiger partial charge in [-0.3, -0.25) is 9.78 Å². The lowest BCUT2D eigenvalue weighted by Crippen LogP contribution is -2.20. The van der Waals surface area contributed by atoms with Crippen molar-refractivity contribution in [1.82, 2.24) is 4.98 Å². The Kier molecular flexibility index (Phi) is 3.77. The fourth-order valence-corrected chi connectivity index (χ4v) is 2.71. The predicted molar refractivity (Wildman–Crippen MR) is 80.3 cm³/mol. The lowest BCUT2D eigenvalue weighted by Gasteiger charge is -2.10. The molecule has 2 aromatic rings. The highest BCUT2D eigenvalue weighted by Crippen LogP contribution is 2.26. The number of nitrogens with one attached hydrogen (secondary N) is 1. The predicted octanol–water partition coefficient (Wildman–Crippen LogP) is 3.88. The van der Waals surface area contributed by atoms with E-state index in [0.717, 1.165) is 29.7 Å². The van der Waals surface area contributed by atoms with Crippen LogP contribution in [0.4, 0.5) is 5.69 Å². The normalized spacial score (nSPS) is 15.2. The Balaban J connectivity index is 1.68. The zero-order valence-electron chi connectivity index (χ0n) is 11.4. The molecular formula is C17H18N2O. The summed E-state index contributed by atoms with van der Waals surface area (Å²) in [5.41, 5.74) is 3.06. The van der Waals surface area contributed by atoms with E-state index in [0.29, 0.717) is 0 Å². The van der Waals surface area contributed by atoms with Crippen molar-refractivity contribution in [3.05, 3.63) is 48.8 Å². The second-order valence-corrected chi connectivity index (χ2v) is 5.29. The van der Waals surface area contributed by atoms with Crippen molar-refractivity contribution < 1.29 is 4.79 Å². The first-order chi connectivity index (χ1) is 9.83. The number of nitrogens with zero attached hydrogens (tertiary/aromatic N) is 1. The fourth-order valence-electron chi connectivity index (χ4n) is 2.71. The van der Waals surface area contributed by atoms with E-state index < -0.39 is 0 Å². The third-order valence-corrected chi connectivity index (χ3v) is 3.87. The molecule has 1 saturated carbocycles. The molecule has 0 unspecified atom stereocenters. The van der Waals surface area contributed by atoms with Crippen molar-refractivity contribution >= 4 is 11.6 Å². The summed E-state index contributed by atoms with van der Waals surface area (Å²) in [7, 11) is 0. The van der Waals surface area contributed by atoms with Gasteiger partial charge in [0.1, 0.15) is 0 Å². The maximum atomic E-state index is 12.0. The Hall–Kier alpha value is -2.16. The maximum absolute atomic E-state index is 12.0. The molecule has 0 aliphatic heterocycles. The van der Waals surface area contributed by atoms with E-state index >= 15 is 0 Å². The average Bonchev–Trinajstić information content (AvgIpc) is 3.03. The van der Waals surface area contributed by atoms with Crippen LogP contribution in [0, 0.1) is 5.92 Å². The number of aromatic nitrogens is 1. The van der Waals surface area contributed by atoms with Crippen molar-refractivity contribution in [2.75, 3.05) is 5.32 Å². The Morgan fingerprint density at radius 1 is 1.05 bits per heavy atom. The summed E-state index contributed by atoms with van der Waals surface area (Å²) in [5.74, 6) is 0.365. The summed E-state index contributed by atoms with van der Waals surface area (Å²) in [6.07, 6.45) is 8.01. The number of carbonyl (C=O) groups is 1. The van der Waals surface area contributed by atoms with Gasteiger partial charge >= 0.3 is 0 Å². The number of hydrogen-bond acceptors (Lipinski definition) is 2. The molecule has 3 nitrogen and oxygen atoms in total. The largest absolute Gasteiger partial charge is 0.326 e. The monoisotopic (exact) mass is 266 g/mol. The van der Waals surface area contributed by atoms with Crippen LogP contribution in [0.1, 0.15) is 25.7 Å². The molecule has 0 bridgehead atoms. The molecule has 1 N–H and O–H groups in total. The van der Waals surface area contributed by atoms with Gasteiger partial charge in [-0.05, 0) is 42.2 Å². The zero-order chi connectivity index (χ0) is 13.8. The first kappa shape index (κ1) is 12.9. The van der Waals surface area contributed by atoms with Crippen LogP contribution in [0.5, 0.6) is 0 Å². The third-order valence-electron chi connectivity index (χ3n) is 3.87. The minimum absolute atomic E-state index is 0.164. The molecule has 3 rings (SSSR count). The molecule has 1 fully saturated rings. The van der Waals surface area contributed by atoms with Gasteiger partial charge in [0.15, 0.2) is 0 Å². The Morgan fingerprint density at radius 2 is 1.80 bits per heavy atom. The van der Waals surface area contributed by atoms with Gasteiger partial charge in [-0.1, -0.05) is 31.0 Å². The molecule has 0 saturated heterocycles. The summed E-state index contributed by atoms with van der Waals surface area (Å²) in [6, 6.07) is 11.9. The topological polar surface area (TPSA) is 42.0 Å². The summed E-state index contributed by atoms with van der Waals surface area (Å²) in [5, 5.41) is 3.01. The Morgan fingerprint density at radius 3 is 2.45 bits per heavy atom. The van der Waals surface area contributed by atoms with Gasteiger partial charge in [0.2, 0.25) is 5.91 Å². The fraction of sp³-hybridized carbons (Fsp3) is 0.294. The molecular weight excluding hydrogens is 248 g/mol. The van der Waals surface area contributed by atoms with Crippen LogP contribution in [-0.2, 0) is 4.79 Å². The number of benzene rings is 1. The molecule has 0 atom stereocenters. The van der Waals surface area contributed by atoms with Crippen molar-refractivity contribution in [2.45, 2.75) is 25.7 Å². The highest BCUT2D eigenvalue weighted by molar-refractivity contribution is 5.92. The zero-order valence-corrected chi connectivity index (χ0v) is 11.4. The van der Waals surface area contributed by atoms with Gasteiger partial charge in [-0.15, -0.1) is 0 Å². The SMILES string of the molecule is O=C(Nc1ccc(-c2cccnc2)cc1)C1CCCC1. The van der Waals surface area contributed by atoms with Crippen LogP contribution in [0.15, 0.2) is 48.8 Å². The molecule has 1 amide bonds. The smallest absolute Gasteiger partial charge is 0.227 e. The molecule has 1 aliphatic rings. The van der Waals surface area contributed by atoms with Crippen molar-refractivity contribution in [1.29, 1.82) is 0 Å². The molecule has 1 aromatic carbocycles. The van der Waals surface area contributed by atoms with E-state index in [2.05, 4.69) is 10.3 Å². The van der Waals surface area contributed by atoms with E-state index in [9.17, 15) is 4.79 Å².